The molecule has 1 amide bonds. The third kappa shape index (κ3) is 4.68. The van der Waals surface area contributed by atoms with E-state index in [0.717, 1.165) is 5.56 Å². The second kappa shape index (κ2) is 6.03. The normalized spacial score (nSPS) is 10.9. The van der Waals surface area contributed by atoms with Gasteiger partial charge >= 0.3 is 0 Å². The summed E-state index contributed by atoms with van der Waals surface area (Å²) in [5.74, 6) is -0.0453. The fraction of sp³-hybridized carbons (Fsp3) is 0.385. The van der Waals surface area contributed by atoms with E-state index >= 15 is 0 Å². The van der Waals surface area contributed by atoms with Gasteiger partial charge in [0.15, 0.2) is 0 Å². The van der Waals surface area contributed by atoms with Crippen molar-refractivity contribution >= 4 is 12.1 Å². The minimum absolute atomic E-state index is 0.0453. The van der Waals surface area contributed by atoms with Crippen molar-refractivity contribution in [3.63, 3.8) is 0 Å². The third-order valence-corrected chi connectivity index (χ3v) is 2.03. The Morgan fingerprint density at radius 3 is 2.35 bits per heavy atom. The molecule has 0 fully saturated rings. The van der Waals surface area contributed by atoms with E-state index in [4.69, 9.17) is 0 Å². The summed E-state index contributed by atoms with van der Waals surface area (Å²) in [5.41, 5.74) is 1.64. The van der Waals surface area contributed by atoms with Gasteiger partial charge in [0.2, 0.25) is 0 Å². The van der Waals surface area contributed by atoms with Crippen molar-refractivity contribution < 1.29 is 4.79 Å². The number of amides is 1. The molecular formula is C13H19N3O. The third-order valence-electron chi connectivity index (χ3n) is 2.03. The van der Waals surface area contributed by atoms with Crippen LogP contribution >= 0.6 is 0 Å². The lowest BCUT2D eigenvalue weighted by Gasteiger charge is -2.08. The number of carbonyl (C=O) groups is 1. The molecule has 1 aromatic rings. The first-order chi connectivity index (χ1) is 7.99. The maximum absolute atomic E-state index is 11.7. The lowest BCUT2D eigenvalue weighted by molar-refractivity contribution is 0.0943. The zero-order chi connectivity index (χ0) is 12.8. The molecule has 0 saturated carbocycles. The minimum atomic E-state index is -0.0453. The lowest BCUT2D eigenvalue weighted by atomic mass is 10.1. The molecule has 0 bridgehead atoms. The van der Waals surface area contributed by atoms with Gasteiger partial charge in [0.1, 0.15) is 0 Å². The molecule has 0 aliphatic heterocycles. The summed E-state index contributed by atoms with van der Waals surface area (Å²) < 4.78 is 0. The van der Waals surface area contributed by atoms with Crippen molar-refractivity contribution in [2.75, 3.05) is 14.1 Å². The molecule has 0 aliphatic carbocycles. The van der Waals surface area contributed by atoms with Gasteiger partial charge in [0.05, 0.1) is 6.21 Å². The van der Waals surface area contributed by atoms with Crippen LogP contribution in [0.5, 0.6) is 0 Å². The molecule has 92 valence electrons. The predicted molar refractivity (Wildman–Crippen MR) is 70.3 cm³/mol. The molecule has 1 N–H and O–H groups in total. The van der Waals surface area contributed by atoms with Crippen LogP contribution in [0.1, 0.15) is 29.8 Å². The first kappa shape index (κ1) is 13.2. The molecule has 0 aromatic heterocycles. The van der Waals surface area contributed by atoms with Crippen molar-refractivity contribution in [2.45, 2.75) is 19.9 Å². The molecular weight excluding hydrogens is 214 g/mol. The van der Waals surface area contributed by atoms with Gasteiger partial charge in [-0.25, -0.2) is 0 Å². The average Bonchev–Trinajstić information content (AvgIpc) is 2.26. The van der Waals surface area contributed by atoms with Crippen LogP contribution in [-0.2, 0) is 0 Å². The molecule has 4 heteroatoms. The average molecular weight is 233 g/mol. The van der Waals surface area contributed by atoms with Gasteiger partial charge in [-0.3, -0.25) is 4.79 Å². The zero-order valence-corrected chi connectivity index (χ0v) is 10.8. The van der Waals surface area contributed by atoms with E-state index in [9.17, 15) is 4.79 Å². The van der Waals surface area contributed by atoms with E-state index in [1.165, 1.54) is 0 Å². The van der Waals surface area contributed by atoms with Crippen molar-refractivity contribution in [1.82, 2.24) is 10.3 Å². The molecule has 0 radical (unpaired) electrons. The van der Waals surface area contributed by atoms with Crippen LogP contribution in [0.2, 0.25) is 0 Å². The van der Waals surface area contributed by atoms with Gasteiger partial charge in [-0.1, -0.05) is 12.1 Å². The maximum Gasteiger partial charge on any atom is 0.251 e. The fourth-order valence-electron chi connectivity index (χ4n) is 1.25. The quantitative estimate of drug-likeness (QED) is 0.635. The van der Waals surface area contributed by atoms with E-state index in [2.05, 4.69) is 10.4 Å². The van der Waals surface area contributed by atoms with Gasteiger partial charge in [-0.05, 0) is 31.5 Å². The number of benzene rings is 1. The Bertz CT molecular complexity index is 394. The molecule has 0 spiro atoms. The topological polar surface area (TPSA) is 44.7 Å². The van der Waals surface area contributed by atoms with Gasteiger partial charge in [-0.2, -0.15) is 5.10 Å². The Labute approximate surface area is 102 Å². The molecule has 1 rings (SSSR count). The Morgan fingerprint density at radius 2 is 1.88 bits per heavy atom. The smallest absolute Gasteiger partial charge is 0.251 e. The molecule has 0 aliphatic rings. The van der Waals surface area contributed by atoms with E-state index in [1.54, 1.807) is 23.4 Å². The van der Waals surface area contributed by atoms with Crippen LogP contribution in [0.4, 0.5) is 0 Å². The summed E-state index contributed by atoms with van der Waals surface area (Å²) >= 11 is 0. The molecule has 0 atom stereocenters. The highest BCUT2D eigenvalue weighted by molar-refractivity contribution is 5.95. The van der Waals surface area contributed by atoms with E-state index < -0.39 is 0 Å². The number of nitrogens with zero attached hydrogens (tertiary/aromatic N) is 2. The van der Waals surface area contributed by atoms with E-state index in [-0.39, 0.29) is 11.9 Å². The second-order valence-corrected chi connectivity index (χ2v) is 4.34. The fourth-order valence-corrected chi connectivity index (χ4v) is 1.25. The Kier molecular flexibility index (Phi) is 4.69. The number of carbonyl (C=O) groups excluding carboxylic acids is 1. The summed E-state index contributed by atoms with van der Waals surface area (Å²) in [5, 5.41) is 8.70. The van der Waals surface area contributed by atoms with E-state index in [0.29, 0.717) is 5.56 Å². The van der Waals surface area contributed by atoms with Gasteiger partial charge < -0.3 is 10.3 Å². The SMILES string of the molecule is CC(C)NC(=O)c1ccc(/C=N/N(C)C)cc1. The largest absolute Gasteiger partial charge is 0.350 e. The summed E-state index contributed by atoms with van der Waals surface area (Å²) in [4.78, 5) is 11.7. The van der Waals surface area contributed by atoms with Crippen LogP contribution in [-0.4, -0.2) is 37.3 Å². The number of hydrogen-bond acceptors (Lipinski definition) is 3. The highest BCUT2D eigenvalue weighted by atomic mass is 16.1. The van der Waals surface area contributed by atoms with Crippen molar-refractivity contribution in [1.29, 1.82) is 0 Å². The monoisotopic (exact) mass is 233 g/mol. The number of hydrazone groups is 1. The Morgan fingerprint density at radius 1 is 1.29 bits per heavy atom. The molecule has 0 heterocycles. The Balaban J connectivity index is 2.71. The number of nitrogens with one attached hydrogen (secondary N) is 1. The molecule has 0 unspecified atom stereocenters. The highest BCUT2D eigenvalue weighted by Crippen LogP contribution is 2.03. The van der Waals surface area contributed by atoms with Crippen molar-refractivity contribution in [3.05, 3.63) is 35.4 Å². The summed E-state index contributed by atoms with van der Waals surface area (Å²) in [6.45, 7) is 3.88. The van der Waals surface area contributed by atoms with Gasteiger partial charge in [-0.15, -0.1) is 0 Å². The first-order valence-electron chi connectivity index (χ1n) is 5.61. The van der Waals surface area contributed by atoms with Gasteiger partial charge in [0.25, 0.3) is 5.91 Å². The summed E-state index contributed by atoms with van der Waals surface area (Å²) in [6.07, 6.45) is 1.75. The maximum atomic E-state index is 11.7. The van der Waals surface area contributed by atoms with Crippen LogP contribution in [0.25, 0.3) is 0 Å². The standard InChI is InChI=1S/C13H19N3O/c1-10(2)15-13(17)12-7-5-11(6-8-12)9-14-16(3)4/h5-10H,1-4H3,(H,15,17)/b14-9+. The molecule has 0 saturated heterocycles. The zero-order valence-electron chi connectivity index (χ0n) is 10.8. The number of rotatable bonds is 4. The number of hydrogen-bond donors (Lipinski definition) is 1. The molecule has 4 nitrogen and oxygen atoms in total. The highest BCUT2D eigenvalue weighted by Gasteiger charge is 2.05. The van der Waals surface area contributed by atoms with Crippen molar-refractivity contribution in [3.8, 4) is 0 Å². The lowest BCUT2D eigenvalue weighted by Crippen LogP contribution is -2.29. The predicted octanol–water partition coefficient (Wildman–Crippen LogP) is 1.72. The molecule has 1 aromatic carbocycles. The van der Waals surface area contributed by atoms with Crippen LogP contribution < -0.4 is 5.32 Å². The van der Waals surface area contributed by atoms with Crippen LogP contribution in [0, 0.1) is 0 Å². The molecule has 17 heavy (non-hydrogen) atoms. The van der Waals surface area contributed by atoms with Crippen LogP contribution in [0.15, 0.2) is 29.4 Å². The second-order valence-electron chi connectivity index (χ2n) is 4.34. The van der Waals surface area contributed by atoms with Gasteiger partial charge in [0, 0.05) is 25.7 Å². The first-order valence-corrected chi connectivity index (χ1v) is 5.61. The minimum Gasteiger partial charge on any atom is -0.350 e. The Hall–Kier alpha value is -1.84. The van der Waals surface area contributed by atoms with Crippen LogP contribution in [0.3, 0.4) is 0 Å². The summed E-state index contributed by atoms with van der Waals surface area (Å²) in [7, 11) is 3.72. The van der Waals surface area contributed by atoms with Crippen molar-refractivity contribution in [2.24, 2.45) is 5.10 Å². The van der Waals surface area contributed by atoms with E-state index in [1.807, 2.05) is 40.1 Å². The summed E-state index contributed by atoms with van der Waals surface area (Å²) in [6, 6.07) is 7.51.